The third kappa shape index (κ3) is 6.20. The quantitative estimate of drug-likeness (QED) is 0.269. The molecule has 0 saturated heterocycles. The highest BCUT2D eigenvalue weighted by molar-refractivity contribution is 8.11. The van der Waals surface area contributed by atoms with Crippen LogP contribution in [0.1, 0.15) is 6.92 Å². The summed E-state index contributed by atoms with van der Waals surface area (Å²) in [5.74, 6) is 0. The minimum absolute atomic E-state index is 0.457. The molecule has 0 fully saturated rings. The molecular formula is C4H9NOS2. The lowest BCUT2D eigenvalue weighted by molar-refractivity contribution is 0.143. The number of ether oxygens (including phenoxy) is 1. The maximum atomic E-state index is 4.90. The smallest absolute Gasteiger partial charge is 0.132 e. The van der Waals surface area contributed by atoms with Gasteiger partial charge in [-0.1, -0.05) is 12.2 Å². The SMILES string of the molecule is CCOCNC(=S)S. The van der Waals surface area contributed by atoms with Crippen molar-refractivity contribution in [1.29, 1.82) is 0 Å². The van der Waals surface area contributed by atoms with Crippen LogP contribution in [0.2, 0.25) is 0 Å². The minimum Gasteiger partial charge on any atom is -0.362 e. The van der Waals surface area contributed by atoms with Crippen molar-refractivity contribution < 1.29 is 4.74 Å². The number of hydrogen-bond acceptors (Lipinski definition) is 2. The lowest BCUT2D eigenvalue weighted by Gasteiger charge is -2.00. The number of thiol groups is 1. The Balaban J connectivity index is 2.82. The van der Waals surface area contributed by atoms with Crippen molar-refractivity contribution in [3.63, 3.8) is 0 Å². The van der Waals surface area contributed by atoms with Crippen LogP contribution in [-0.4, -0.2) is 17.7 Å². The van der Waals surface area contributed by atoms with E-state index in [9.17, 15) is 0 Å². The second-order valence-corrected chi connectivity index (χ2v) is 2.28. The fraction of sp³-hybridized carbons (Fsp3) is 0.750. The van der Waals surface area contributed by atoms with E-state index < -0.39 is 0 Å². The molecule has 0 saturated carbocycles. The Bertz CT molecular complexity index is 76.4. The zero-order valence-corrected chi connectivity index (χ0v) is 6.39. The molecular weight excluding hydrogens is 142 g/mol. The van der Waals surface area contributed by atoms with Gasteiger partial charge in [-0.2, -0.15) is 0 Å². The van der Waals surface area contributed by atoms with Crippen molar-refractivity contribution in [2.24, 2.45) is 0 Å². The molecule has 2 nitrogen and oxygen atoms in total. The molecule has 0 aromatic rings. The molecule has 0 unspecified atom stereocenters. The van der Waals surface area contributed by atoms with Gasteiger partial charge in [0.25, 0.3) is 0 Å². The second-order valence-electron chi connectivity index (χ2n) is 1.12. The average molecular weight is 151 g/mol. The van der Waals surface area contributed by atoms with Crippen LogP contribution in [0, 0.1) is 0 Å². The van der Waals surface area contributed by atoms with Gasteiger partial charge in [-0.3, -0.25) is 0 Å². The largest absolute Gasteiger partial charge is 0.362 e. The van der Waals surface area contributed by atoms with E-state index in [2.05, 4.69) is 30.2 Å². The Labute approximate surface area is 60.0 Å². The van der Waals surface area contributed by atoms with Gasteiger partial charge in [0.2, 0.25) is 0 Å². The Morgan fingerprint density at radius 3 is 2.88 bits per heavy atom. The first-order valence-electron chi connectivity index (χ1n) is 2.32. The van der Waals surface area contributed by atoms with Gasteiger partial charge in [-0.05, 0) is 6.92 Å². The van der Waals surface area contributed by atoms with Crippen molar-refractivity contribution in [2.75, 3.05) is 13.3 Å². The van der Waals surface area contributed by atoms with E-state index in [-0.39, 0.29) is 0 Å². The summed E-state index contributed by atoms with van der Waals surface area (Å²) in [5.41, 5.74) is 0. The molecule has 0 rings (SSSR count). The van der Waals surface area contributed by atoms with Crippen molar-refractivity contribution in [2.45, 2.75) is 6.92 Å². The molecule has 0 aromatic carbocycles. The summed E-state index contributed by atoms with van der Waals surface area (Å²) in [5, 5.41) is 2.72. The van der Waals surface area contributed by atoms with Gasteiger partial charge in [0.05, 0.1) is 0 Å². The predicted molar refractivity (Wildman–Crippen MR) is 41.2 cm³/mol. The standard InChI is InChI=1S/C4H9NOS2/c1-2-6-3-5-4(7)8/h2-3H2,1H3,(H2,5,7,8). The summed E-state index contributed by atoms with van der Waals surface area (Å²) >= 11 is 8.39. The first-order chi connectivity index (χ1) is 3.77. The first kappa shape index (κ1) is 8.20. The normalized spacial score (nSPS) is 8.75. The zero-order chi connectivity index (χ0) is 6.41. The molecule has 0 spiro atoms. The Morgan fingerprint density at radius 2 is 2.50 bits per heavy atom. The fourth-order valence-electron chi connectivity index (χ4n) is 0.215. The van der Waals surface area contributed by atoms with Crippen LogP contribution < -0.4 is 5.32 Å². The van der Waals surface area contributed by atoms with Gasteiger partial charge in [-0.25, -0.2) is 0 Å². The summed E-state index contributed by atoms with van der Waals surface area (Å²) < 4.78 is 5.37. The molecule has 0 amide bonds. The Morgan fingerprint density at radius 1 is 1.88 bits per heavy atom. The van der Waals surface area contributed by atoms with Crippen LogP contribution in [-0.2, 0) is 4.74 Å². The molecule has 0 aromatic heterocycles. The van der Waals surface area contributed by atoms with Gasteiger partial charge in [0.1, 0.15) is 11.1 Å². The molecule has 0 aliphatic heterocycles. The molecule has 0 aliphatic carbocycles. The molecule has 8 heavy (non-hydrogen) atoms. The van der Waals surface area contributed by atoms with E-state index in [4.69, 9.17) is 4.74 Å². The molecule has 0 atom stereocenters. The van der Waals surface area contributed by atoms with Crippen molar-refractivity contribution >= 4 is 29.2 Å². The monoisotopic (exact) mass is 151 g/mol. The summed E-state index contributed by atoms with van der Waals surface area (Å²) in [7, 11) is 0. The number of rotatable bonds is 3. The van der Waals surface area contributed by atoms with E-state index >= 15 is 0 Å². The topological polar surface area (TPSA) is 21.3 Å². The van der Waals surface area contributed by atoms with Crippen LogP contribution in [0.15, 0.2) is 0 Å². The van der Waals surface area contributed by atoms with E-state index in [0.717, 1.165) is 0 Å². The molecule has 0 aliphatic rings. The van der Waals surface area contributed by atoms with Crippen LogP contribution in [0.25, 0.3) is 0 Å². The van der Waals surface area contributed by atoms with E-state index in [1.807, 2.05) is 6.92 Å². The summed E-state index contributed by atoms with van der Waals surface area (Å²) in [6.07, 6.45) is 0. The van der Waals surface area contributed by atoms with E-state index in [1.165, 1.54) is 0 Å². The summed E-state index contributed by atoms with van der Waals surface area (Å²) in [6, 6.07) is 0. The van der Waals surface area contributed by atoms with E-state index in [0.29, 0.717) is 17.7 Å². The maximum absolute atomic E-state index is 4.90. The van der Waals surface area contributed by atoms with Crippen molar-refractivity contribution in [3.8, 4) is 0 Å². The highest BCUT2D eigenvalue weighted by Gasteiger charge is 1.82. The van der Waals surface area contributed by atoms with Crippen LogP contribution in [0.3, 0.4) is 0 Å². The van der Waals surface area contributed by atoms with Gasteiger partial charge in [0.15, 0.2) is 0 Å². The van der Waals surface area contributed by atoms with Gasteiger partial charge < -0.3 is 10.1 Å². The second kappa shape index (κ2) is 5.34. The van der Waals surface area contributed by atoms with Crippen LogP contribution in [0.5, 0.6) is 0 Å². The first-order valence-corrected chi connectivity index (χ1v) is 3.17. The maximum Gasteiger partial charge on any atom is 0.132 e. The third-order valence-corrected chi connectivity index (χ3v) is 0.832. The highest BCUT2D eigenvalue weighted by atomic mass is 32.1. The van der Waals surface area contributed by atoms with Gasteiger partial charge >= 0.3 is 0 Å². The van der Waals surface area contributed by atoms with Gasteiger partial charge in [-0.15, -0.1) is 12.6 Å². The predicted octanol–water partition coefficient (Wildman–Crippen LogP) is 0.785. The van der Waals surface area contributed by atoms with Crippen LogP contribution in [0.4, 0.5) is 0 Å². The Kier molecular flexibility index (Phi) is 5.47. The van der Waals surface area contributed by atoms with Crippen molar-refractivity contribution in [1.82, 2.24) is 5.32 Å². The van der Waals surface area contributed by atoms with E-state index in [1.54, 1.807) is 0 Å². The molecule has 0 bridgehead atoms. The minimum atomic E-state index is 0.457. The van der Waals surface area contributed by atoms with Crippen molar-refractivity contribution in [3.05, 3.63) is 0 Å². The summed E-state index contributed by atoms with van der Waals surface area (Å²) in [6.45, 7) is 3.07. The molecule has 0 radical (unpaired) electrons. The molecule has 48 valence electrons. The highest BCUT2D eigenvalue weighted by Crippen LogP contribution is 1.76. The zero-order valence-electron chi connectivity index (χ0n) is 4.68. The fourth-order valence-corrected chi connectivity index (χ4v) is 0.338. The molecule has 1 N–H and O–H groups in total. The van der Waals surface area contributed by atoms with Gasteiger partial charge in [0, 0.05) is 6.61 Å². The molecule has 4 heteroatoms. The molecule has 0 heterocycles. The number of hydrogen-bond donors (Lipinski definition) is 2. The third-order valence-electron chi connectivity index (χ3n) is 0.530. The van der Waals surface area contributed by atoms with Crippen LogP contribution >= 0.6 is 24.8 Å². The number of thiocarbonyl (C=S) groups is 1. The Hall–Kier alpha value is 0.200. The lowest BCUT2D eigenvalue weighted by atomic mass is 10.9. The summed E-state index contributed by atoms with van der Waals surface area (Å²) in [4.78, 5) is 0. The average Bonchev–Trinajstić information content (AvgIpc) is 1.66. The lowest BCUT2D eigenvalue weighted by Crippen LogP contribution is -2.19. The number of nitrogens with one attached hydrogen (secondary N) is 1.